The number of hydrogen-bond acceptors (Lipinski definition) is 11. The largest absolute Gasteiger partial charge is 0.716 e. The fourth-order valence-electron chi connectivity index (χ4n) is 5.61. The Morgan fingerprint density at radius 3 is 2.19 bits per heavy atom. The molecule has 12 nitrogen and oxygen atoms in total. The molecule has 42 heavy (non-hydrogen) atoms. The van der Waals surface area contributed by atoms with Crippen LogP contribution < -0.4 is 28.8 Å². The summed E-state index contributed by atoms with van der Waals surface area (Å²) in [5.74, 6) is 0.675. The van der Waals surface area contributed by atoms with Crippen LogP contribution in [0.5, 0.6) is 34.5 Å². The van der Waals surface area contributed by atoms with E-state index in [0.29, 0.717) is 52.1 Å². The van der Waals surface area contributed by atoms with Gasteiger partial charge < -0.3 is 41.8 Å². The molecule has 0 atom stereocenters. The smallest absolute Gasteiger partial charge is 0.361 e. The Labute approximate surface area is 239 Å². The molecular formula is C29H24NO11S-. The lowest BCUT2D eigenvalue weighted by Crippen LogP contribution is -2.15. The van der Waals surface area contributed by atoms with Gasteiger partial charge in [-0.15, -0.1) is 0 Å². The van der Waals surface area contributed by atoms with E-state index in [1.54, 1.807) is 19.2 Å². The molecule has 0 saturated heterocycles. The summed E-state index contributed by atoms with van der Waals surface area (Å²) in [5.41, 5.74) is 3.04. The molecule has 5 aromatic rings. The van der Waals surface area contributed by atoms with Crippen molar-refractivity contribution in [3.8, 4) is 56.9 Å². The zero-order valence-corrected chi connectivity index (χ0v) is 23.7. The number of phenolic OH excluding ortho intramolecular Hbond substituents is 1. The van der Waals surface area contributed by atoms with Crippen molar-refractivity contribution >= 4 is 32.3 Å². The second-order valence-corrected chi connectivity index (χ2v) is 10.5. The molecule has 2 aromatic heterocycles. The fourth-order valence-corrected chi connectivity index (χ4v) is 5.96. The summed E-state index contributed by atoms with van der Waals surface area (Å²) in [4.78, 5) is 13.6. The molecule has 0 saturated carbocycles. The topological polar surface area (TPSA) is 159 Å². The molecule has 6 rings (SSSR count). The maximum Gasteiger partial charge on any atom is 0.361 e. The molecule has 0 aliphatic carbocycles. The summed E-state index contributed by atoms with van der Waals surface area (Å²) in [6, 6.07) is 11.2. The number of hydrogen-bond donors (Lipinski definition) is 1. The first-order chi connectivity index (χ1) is 20.1. The predicted octanol–water partition coefficient (Wildman–Crippen LogP) is 4.22. The Morgan fingerprint density at radius 2 is 1.55 bits per heavy atom. The molecule has 13 heteroatoms. The third-order valence-corrected chi connectivity index (χ3v) is 7.71. The number of phenols is 1. The normalized spacial score (nSPS) is 12.6. The summed E-state index contributed by atoms with van der Waals surface area (Å²) >= 11 is 0. The highest BCUT2D eigenvalue weighted by Gasteiger charge is 2.31. The number of aromatic hydroxyl groups is 1. The molecule has 0 spiro atoms. The average molecular weight is 595 g/mol. The van der Waals surface area contributed by atoms with Crippen LogP contribution >= 0.6 is 0 Å². The highest BCUT2D eigenvalue weighted by atomic mass is 32.3. The van der Waals surface area contributed by atoms with E-state index in [0.717, 1.165) is 17.2 Å². The Bertz CT molecular complexity index is 2080. The second kappa shape index (κ2) is 9.89. The van der Waals surface area contributed by atoms with E-state index in [9.17, 15) is 22.9 Å². The highest BCUT2D eigenvalue weighted by Crippen LogP contribution is 2.50. The number of fused-ring (bicyclic) bond motifs is 7. The van der Waals surface area contributed by atoms with Crippen LogP contribution in [0, 0.1) is 0 Å². The van der Waals surface area contributed by atoms with Gasteiger partial charge in [-0.2, -0.15) is 0 Å². The lowest BCUT2D eigenvalue weighted by atomic mass is 9.91. The highest BCUT2D eigenvalue weighted by molar-refractivity contribution is 7.81. The maximum absolute atomic E-state index is 13.6. The standard InChI is InChI=1S/C29H25NO11S/c1-36-19-6-5-15(9-18(19)31)25-26-17-12-23(39-4)24(41-42(33,34)35)13-20(17)40-29(32)28(26)30-8-7-14-10-21(37-2)22(38-3)11-16(14)27(25)30/h5-6,9-13,31H,7-8H2,1-4H3,(H,33,34,35)/p-1. The summed E-state index contributed by atoms with van der Waals surface area (Å²) < 4.78 is 67.9. The van der Waals surface area contributed by atoms with Crippen LogP contribution in [-0.4, -0.2) is 51.1 Å². The quantitative estimate of drug-likeness (QED) is 0.163. The molecule has 1 aliphatic rings. The van der Waals surface area contributed by atoms with Crippen LogP contribution in [0.25, 0.3) is 44.3 Å². The van der Waals surface area contributed by atoms with E-state index in [1.165, 1.54) is 33.5 Å². The molecule has 1 aliphatic heterocycles. The monoisotopic (exact) mass is 594 g/mol. The van der Waals surface area contributed by atoms with E-state index in [4.69, 9.17) is 23.4 Å². The van der Waals surface area contributed by atoms with Crippen LogP contribution in [-0.2, 0) is 23.4 Å². The van der Waals surface area contributed by atoms with Crippen LogP contribution in [0.15, 0.2) is 51.7 Å². The van der Waals surface area contributed by atoms with Gasteiger partial charge in [0.1, 0.15) is 11.1 Å². The summed E-state index contributed by atoms with van der Waals surface area (Å²) in [6.07, 6.45) is 0.564. The number of nitrogens with zero attached hydrogens (tertiary/aromatic N) is 1. The molecular weight excluding hydrogens is 570 g/mol. The van der Waals surface area contributed by atoms with Gasteiger partial charge in [0.2, 0.25) is 0 Å². The van der Waals surface area contributed by atoms with Crippen molar-refractivity contribution < 1.29 is 45.6 Å². The number of rotatable bonds is 7. The van der Waals surface area contributed by atoms with Gasteiger partial charge in [-0.3, -0.25) is 0 Å². The number of ether oxygens (including phenoxy) is 4. The van der Waals surface area contributed by atoms with E-state index in [1.807, 2.05) is 16.7 Å². The van der Waals surface area contributed by atoms with Gasteiger partial charge in [0.15, 0.2) is 34.5 Å². The first-order valence-corrected chi connectivity index (χ1v) is 13.9. The Balaban J connectivity index is 1.80. The van der Waals surface area contributed by atoms with Gasteiger partial charge in [0, 0.05) is 34.5 Å². The SMILES string of the molecule is COc1ccc(-c2c3n(c4c(=O)oc5cc(OS(=O)(=O)[O-])c(OC)cc5c24)CCc2cc(OC)c(OC)cc2-3)cc1O. The average Bonchev–Trinajstić information content (AvgIpc) is 3.31. The second-order valence-electron chi connectivity index (χ2n) is 9.48. The Kier molecular flexibility index (Phi) is 6.43. The molecule has 0 fully saturated rings. The first kappa shape index (κ1) is 27.3. The number of methoxy groups -OCH3 is 4. The van der Waals surface area contributed by atoms with Gasteiger partial charge >= 0.3 is 5.63 Å². The van der Waals surface area contributed by atoms with Gasteiger partial charge in [0.25, 0.3) is 10.4 Å². The number of aromatic nitrogens is 1. The minimum atomic E-state index is -5.16. The lowest BCUT2D eigenvalue weighted by molar-refractivity contribution is 0.351. The van der Waals surface area contributed by atoms with Crippen molar-refractivity contribution in [2.45, 2.75) is 13.0 Å². The van der Waals surface area contributed by atoms with Crippen LogP contribution in [0.3, 0.4) is 0 Å². The van der Waals surface area contributed by atoms with E-state index < -0.39 is 21.8 Å². The van der Waals surface area contributed by atoms with Crippen LogP contribution in [0.4, 0.5) is 0 Å². The van der Waals surface area contributed by atoms with Crippen molar-refractivity contribution in [3.05, 3.63) is 58.4 Å². The molecule has 3 heterocycles. The summed E-state index contributed by atoms with van der Waals surface area (Å²) in [5, 5.41) is 11.6. The maximum atomic E-state index is 13.6. The minimum Gasteiger partial charge on any atom is -0.716 e. The minimum absolute atomic E-state index is 0.0404. The lowest BCUT2D eigenvalue weighted by Gasteiger charge is -2.23. The third-order valence-electron chi connectivity index (χ3n) is 7.32. The van der Waals surface area contributed by atoms with E-state index in [2.05, 4.69) is 4.18 Å². The van der Waals surface area contributed by atoms with Crippen LogP contribution in [0.2, 0.25) is 0 Å². The number of benzene rings is 3. The predicted molar refractivity (Wildman–Crippen MR) is 151 cm³/mol. The van der Waals surface area contributed by atoms with E-state index >= 15 is 0 Å². The molecule has 0 radical (unpaired) electrons. The first-order valence-electron chi connectivity index (χ1n) is 12.6. The summed E-state index contributed by atoms with van der Waals surface area (Å²) in [7, 11) is 0.644. The Hall–Kier alpha value is -4.88. The van der Waals surface area contributed by atoms with Gasteiger partial charge in [0.05, 0.1) is 34.1 Å². The van der Waals surface area contributed by atoms with Gasteiger partial charge in [-0.1, -0.05) is 6.07 Å². The molecule has 3 aromatic carbocycles. The van der Waals surface area contributed by atoms with Crippen molar-refractivity contribution in [1.29, 1.82) is 0 Å². The summed E-state index contributed by atoms with van der Waals surface area (Å²) in [6.45, 7) is 0.416. The Morgan fingerprint density at radius 1 is 0.881 bits per heavy atom. The molecule has 0 amide bonds. The number of aryl methyl sites for hydroxylation is 2. The van der Waals surface area contributed by atoms with E-state index in [-0.39, 0.29) is 28.3 Å². The fraction of sp³-hybridized carbons (Fsp3) is 0.207. The van der Waals surface area contributed by atoms with Crippen molar-refractivity contribution in [2.75, 3.05) is 28.4 Å². The zero-order chi connectivity index (χ0) is 29.9. The third kappa shape index (κ3) is 4.25. The van der Waals surface area contributed by atoms with Gasteiger partial charge in [-0.05, 0) is 47.9 Å². The zero-order valence-electron chi connectivity index (χ0n) is 22.8. The molecule has 218 valence electrons. The van der Waals surface area contributed by atoms with Gasteiger partial charge in [-0.25, -0.2) is 13.2 Å². The molecule has 0 bridgehead atoms. The molecule has 0 unspecified atom stereocenters. The van der Waals surface area contributed by atoms with Crippen LogP contribution in [0.1, 0.15) is 5.56 Å². The van der Waals surface area contributed by atoms with Crippen molar-refractivity contribution in [2.24, 2.45) is 0 Å². The van der Waals surface area contributed by atoms with Crippen molar-refractivity contribution in [3.63, 3.8) is 0 Å². The molecule has 1 N–H and O–H groups in total. The van der Waals surface area contributed by atoms with Crippen molar-refractivity contribution in [1.82, 2.24) is 4.57 Å².